The first-order chi connectivity index (χ1) is 13.4. The van der Waals surface area contributed by atoms with Gasteiger partial charge in [0.1, 0.15) is 16.9 Å². The van der Waals surface area contributed by atoms with E-state index in [0.29, 0.717) is 17.0 Å². The molecule has 0 radical (unpaired) electrons. The van der Waals surface area contributed by atoms with Gasteiger partial charge >= 0.3 is 11.8 Å². The van der Waals surface area contributed by atoms with E-state index >= 15 is 0 Å². The number of carbonyl (C=O) groups excluding carboxylic acids is 2. The van der Waals surface area contributed by atoms with E-state index < -0.39 is 17.6 Å². The quantitative estimate of drug-likeness (QED) is 0.619. The molecule has 29 heavy (non-hydrogen) atoms. The SMILES string of the molecule is CC1(C)Cc2c(sc(NC(=O)C(=O)Nc3ccc(Cl)c(F)c3)c2C#N)C(C)(C)N1. The minimum absolute atomic E-state index is 0.0885. The average Bonchev–Trinajstić information content (AvgIpc) is 2.94. The van der Waals surface area contributed by atoms with Crippen molar-refractivity contribution in [1.82, 2.24) is 5.32 Å². The number of nitrogens with one attached hydrogen (secondary N) is 3. The molecule has 0 bridgehead atoms. The summed E-state index contributed by atoms with van der Waals surface area (Å²) in [6.45, 7) is 8.12. The van der Waals surface area contributed by atoms with Crippen molar-refractivity contribution in [3.63, 3.8) is 0 Å². The van der Waals surface area contributed by atoms with E-state index in [-0.39, 0.29) is 21.8 Å². The largest absolute Gasteiger partial charge is 0.318 e. The first-order valence-electron chi connectivity index (χ1n) is 8.86. The summed E-state index contributed by atoms with van der Waals surface area (Å²) in [5, 5.41) is 18.3. The standard InChI is InChI=1S/C20H20ClFN4O2S/c1-19(2)8-11-12(9-23)18(29-15(11)20(3,4)26-19)25-17(28)16(27)24-10-5-6-13(21)14(22)7-10/h5-7,26H,8H2,1-4H3,(H,24,27)(H,25,28). The number of nitriles is 1. The number of amides is 2. The zero-order chi connectivity index (χ0) is 21.6. The van der Waals surface area contributed by atoms with Crippen LogP contribution >= 0.6 is 22.9 Å². The van der Waals surface area contributed by atoms with Crippen molar-refractivity contribution in [2.75, 3.05) is 10.6 Å². The van der Waals surface area contributed by atoms with Gasteiger partial charge in [0.15, 0.2) is 0 Å². The van der Waals surface area contributed by atoms with E-state index in [2.05, 4.69) is 22.0 Å². The molecule has 0 saturated heterocycles. The fourth-order valence-electron chi connectivity index (χ4n) is 3.66. The number of halogens is 2. The molecule has 2 aromatic rings. The van der Waals surface area contributed by atoms with Crippen LogP contribution in [0.15, 0.2) is 18.2 Å². The van der Waals surface area contributed by atoms with Crippen molar-refractivity contribution in [2.24, 2.45) is 0 Å². The summed E-state index contributed by atoms with van der Waals surface area (Å²) in [4.78, 5) is 25.5. The molecule has 3 rings (SSSR count). The molecule has 0 atom stereocenters. The summed E-state index contributed by atoms with van der Waals surface area (Å²) < 4.78 is 13.5. The van der Waals surface area contributed by atoms with E-state index in [1.165, 1.54) is 23.5 Å². The lowest BCUT2D eigenvalue weighted by molar-refractivity contribution is -0.132. The Morgan fingerprint density at radius 3 is 2.52 bits per heavy atom. The minimum atomic E-state index is -0.973. The Labute approximate surface area is 177 Å². The topological polar surface area (TPSA) is 94.0 Å². The molecule has 0 aliphatic carbocycles. The van der Waals surface area contributed by atoms with Crippen LogP contribution in [0.5, 0.6) is 0 Å². The van der Waals surface area contributed by atoms with Gasteiger partial charge in [0, 0.05) is 21.6 Å². The maximum absolute atomic E-state index is 13.5. The molecule has 6 nitrogen and oxygen atoms in total. The zero-order valence-corrected chi connectivity index (χ0v) is 17.9. The van der Waals surface area contributed by atoms with Crippen molar-refractivity contribution in [2.45, 2.75) is 45.2 Å². The van der Waals surface area contributed by atoms with Gasteiger partial charge in [-0.15, -0.1) is 11.3 Å². The second-order valence-corrected chi connectivity index (χ2v) is 9.50. The second kappa shape index (κ2) is 7.41. The Bertz CT molecular complexity index is 1060. The van der Waals surface area contributed by atoms with Gasteiger partial charge in [0.05, 0.1) is 10.6 Å². The van der Waals surface area contributed by atoms with E-state index in [0.717, 1.165) is 16.5 Å². The molecular weight excluding hydrogens is 415 g/mol. The number of fused-ring (bicyclic) bond motifs is 1. The van der Waals surface area contributed by atoms with Crippen LogP contribution in [0.3, 0.4) is 0 Å². The third-order valence-electron chi connectivity index (χ3n) is 4.57. The number of benzene rings is 1. The lowest BCUT2D eigenvalue weighted by atomic mass is 9.81. The Balaban J connectivity index is 1.84. The first-order valence-corrected chi connectivity index (χ1v) is 10.1. The number of rotatable bonds is 2. The van der Waals surface area contributed by atoms with Crippen LogP contribution in [0.2, 0.25) is 5.02 Å². The van der Waals surface area contributed by atoms with Gasteiger partial charge in [-0.05, 0) is 57.9 Å². The number of thiophene rings is 1. The number of hydrogen-bond acceptors (Lipinski definition) is 5. The van der Waals surface area contributed by atoms with E-state index in [9.17, 15) is 19.2 Å². The van der Waals surface area contributed by atoms with Crippen LogP contribution < -0.4 is 16.0 Å². The highest BCUT2D eigenvalue weighted by atomic mass is 35.5. The molecule has 0 fully saturated rings. The Morgan fingerprint density at radius 1 is 1.24 bits per heavy atom. The molecule has 1 aliphatic rings. The predicted octanol–water partition coefficient (Wildman–Crippen LogP) is 4.15. The van der Waals surface area contributed by atoms with Crippen LogP contribution in [0, 0.1) is 17.1 Å². The molecule has 1 aliphatic heterocycles. The minimum Gasteiger partial charge on any atom is -0.318 e. The number of anilines is 2. The smallest absolute Gasteiger partial charge is 0.314 e. The number of hydrogen-bond donors (Lipinski definition) is 3. The zero-order valence-electron chi connectivity index (χ0n) is 16.4. The fraction of sp³-hybridized carbons (Fsp3) is 0.350. The molecule has 1 aromatic carbocycles. The Morgan fingerprint density at radius 2 is 1.90 bits per heavy atom. The van der Waals surface area contributed by atoms with Crippen LogP contribution in [0.1, 0.15) is 43.7 Å². The third-order valence-corrected chi connectivity index (χ3v) is 6.34. The maximum Gasteiger partial charge on any atom is 0.314 e. The van der Waals surface area contributed by atoms with Crippen molar-refractivity contribution in [3.05, 3.63) is 45.0 Å². The predicted molar refractivity (Wildman–Crippen MR) is 112 cm³/mol. The molecule has 0 saturated carbocycles. The van der Waals surface area contributed by atoms with Crippen molar-refractivity contribution < 1.29 is 14.0 Å². The van der Waals surface area contributed by atoms with E-state index in [1.807, 2.05) is 27.7 Å². The van der Waals surface area contributed by atoms with Gasteiger partial charge in [0.2, 0.25) is 0 Å². The summed E-state index contributed by atoms with van der Waals surface area (Å²) in [6, 6.07) is 5.85. The summed E-state index contributed by atoms with van der Waals surface area (Å²) in [7, 11) is 0. The number of nitrogens with zero attached hydrogens (tertiary/aromatic N) is 1. The summed E-state index contributed by atoms with van der Waals surface area (Å²) in [5.74, 6) is -2.62. The van der Waals surface area contributed by atoms with Gasteiger partial charge in [-0.2, -0.15) is 5.26 Å². The van der Waals surface area contributed by atoms with E-state index in [1.54, 1.807) is 0 Å². The summed E-state index contributed by atoms with van der Waals surface area (Å²) >= 11 is 6.89. The molecular formula is C20H20ClFN4O2S. The first kappa shape index (κ1) is 21.2. The molecule has 2 heterocycles. The molecule has 0 unspecified atom stereocenters. The van der Waals surface area contributed by atoms with Crippen LogP contribution in [-0.2, 0) is 21.5 Å². The van der Waals surface area contributed by atoms with Gasteiger partial charge in [-0.1, -0.05) is 11.6 Å². The summed E-state index contributed by atoms with van der Waals surface area (Å²) in [5.41, 5.74) is 0.734. The van der Waals surface area contributed by atoms with Gasteiger partial charge < -0.3 is 16.0 Å². The molecule has 3 N–H and O–H groups in total. The van der Waals surface area contributed by atoms with Crippen molar-refractivity contribution in [1.29, 1.82) is 5.26 Å². The lowest BCUT2D eigenvalue weighted by Crippen LogP contribution is -2.54. The second-order valence-electron chi connectivity index (χ2n) is 8.07. The highest BCUT2D eigenvalue weighted by Gasteiger charge is 2.40. The Hall–Kier alpha value is -2.47. The van der Waals surface area contributed by atoms with Crippen LogP contribution in [0.25, 0.3) is 0 Å². The normalized spacial score (nSPS) is 16.4. The molecule has 1 aromatic heterocycles. The highest BCUT2D eigenvalue weighted by molar-refractivity contribution is 7.17. The van der Waals surface area contributed by atoms with Gasteiger partial charge in [0.25, 0.3) is 0 Å². The summed E-state index contributed by atoms with van der Waals surface area (Å²) in [6.07, 6.45) is 0.622. The molecule has 2 amide bonds. The number of carbonyl (C=O) groups is 2. The fourth-order valence-corrected chi connectivity index (χ4v) is 5.00. The maximum atomic E-state index is 13.5. The lowest BCUT2D eigenvalue weighted by Gasteiger charge is -2.42. The van der Waals surface area contributed by atoms with Crippen LogP contribution in [0.4, 0.5) is 15.1 Å². The highest BCUT2D eigenvalue weighted by Crippen LogP contribution is 2.44. The van der Waals surface area contributed by atoms with Crippen LogP contribution in [-0.4, -0.2) is 17.4 Å². The van der Waals surface area contributed by atoms with Crippen molar-refractivity contribution >= 4 is 45.4 Å². The molecule has 152 valence electrons. The Kier molecular flexibility index (Phi) is 5.43. The third kappa shape index (κ3) is 4.27. The van der Waals surface area contributed by atoms with Gasteiger partial charge in [-0.25, -0.2) is 4.39 Å². The monoisotopic (exact) mass is 434 g/mol. The van der Waals surface area contributed by atoms with E-state index in [4.69, 9.17) is 11.6 Å². The van der Waals surface area contributed by atoms with Gasteiger partial charge in [-0.3, -0.25) is 9.59 Å². The van der Waals surface area contributed by atoms with Crippen molar-refractivity contribution in [3.8, 4) is 6.07 Å². The molecule has 0 spiro atoms. The molecule has 9 heteroatoms. The average molecular weight is 435 g/mol.